The molecule has 3 aromatic carbocycles. The van der Waals surface area contributed by atoms with Gasteiger partial charge in [-0.2, -0.15) is 0 Å². The van der Waals surface area contributed by atoms with E-state index in [1.54, 1.807) is 0 Å². The number of benzene rings is 3. The molecule has 0 radical (unpaired) electrons. The highest BCUT2D eigenvalue weighted by atomic mass is 14.6. The summed E-state index contributed by atoms with van der Waals surface area (Å²) in [6.45, 7) is 8.54. The number of hydrogen-bond acceptors (Lipinski definition) is 1. The molecule has 0 amide bonds. The van der Waals surface area contributed by atoms with Crippen molar-refractivity contribution in [1.29, 1.82) is 0 Å². The van der Waals surface area contributed by atoms with Crippen LogP contribution < -0.4 is 5.73 Å². The molecule has 0 bridgehead atoms. The molecule has 0 heterocycles. The summed E-state index contributed by atoms with van der Waals surface area (Å²) in [6.07, 6.45) is 0. The van der Waals surface area contributed by atoms with Gasteiger partial charge in [0.25, 0.3) is 0 Å². The summed E-state index contributed by atoms with van der Waals surface area (Å²) in [5, 5.41) is 0. The van der Waals surface area contributed by atoms with Gasteiger partial charge in [-0.3, -0.25) is 0 Å². The van der Waals surface area contributed by atoms with Crippen LogP contribution >= 0.6 is 0 Å². The Morgan fingerprint density at radius 1 is 0.750 bits per heavy atom. The molecular weight excluding hydrogens is 290 g/mol. The average molecular weight is 315 g/mol. The van der Waals surface area contributed by atoms with Gasteiger partial charge in [0.15, 0.2) is 0 Å². The van der Waals surface area contributed by atoms with Crippen molar-refractivity contribution in [2.75, 3.05) is 0 Å². The molecule has 1 unspecified atom stereocenters. The van der Waals surface area contributed by atoms with E-state index >= 15 is 0 Å². The predicted molar refractivity (Wildman–Crippen MR) is 104 cm³/mol. The smallest absolute Gasteiger partial charge is 0.0268 e. The van der Waals surface area contributed by atoms with E-state index in [1.165, 1.54) is 44.5 Å². The summed E-state index contributed by atoms with van der Waals surface area (Å²) in [4.78, 5) is 0. The Balaban J connectivity index is 2.32. The number of hydrogen-bond donors (Lipinski definition) is 1. The molecule has 0 fully saturated rings. The van der Waals surface area contributed by atoms with E-state index in [0.717, 1.165) is 0 Å². The summed E-state index contributed by atoms with van der Waals surface area (Å²) in [6, 6.07) is 21.8. The molecule has 3 aromatic rings. The maximum Gasteiger partial charge on any atom is 0.0268 e. The molecule has 0 saturated carbocycles. The second-order valence-corrected chi connectivity index (χ2v) is 6.67. The van der Waals surface area contributed by atoms with Crippen molar-refractivity contribution < 1.29 is 0 Å². The van der Waals surface area contributed by atoms with Gasteiger partial charge in [0.2, 0.25) is 0 Å². The van der Waals surface area contributed by atoms with Crippen molar-refractivity contribution in [3.05, 3.63) is 82.9 Å². The zero-order valence-electron chi connectivity index (χ0n) is 14.9. The normalized spacial score (nSPS) is 12.2. The van der Waals surface area contributed by atoms with Crippen LogP contribution in [0, 0.1) is 20.8 Å². The molecule has 0 saturated heterocycles. The fraction of sp³-hybridized carbons (Fsp3) is 0.217. The molecule has 24 heavy (non-hydrogen) atoms. The van der Waals surface area contributed by atoms with Gasteiger partial charge in [-0.1, -0.05) is 66.2 Å². The van der Waals surface area contributed by atoms with Crippen molar-refractivity contribution >= 4 is 0 Å². The van der Waals surface area contributed by atoms with Crippen LogP contribution in [0.15, 0.2) is 60.7 Å². The summed E-state index contributed by atoms with van der Waals surface area (Å²) in [5.74, 6) is 0. The van der Waals surface area contributed by atoms with E-state index in [2.05, 4.69) is 88.4 Å². The second kappa shape index (κ2) is 6.62. The highest BCUT2D eigenvalue weighted by Gasteiger charge is 2.16. The third-order valence-electron chi connectivity index (χ3n) is 4.77. The van der Waals surface area contributed by atoms with E-state index in [-0.39, 0.29) is 6.04 Å². The lowest BCUT2D eigenvalue weighted by atomic mass is 9.85. The van der Waals surface area contributed by atoms with E-state index in [4.69, 9.17) is 5.73 Å². The molecule has 1 atom stereocenters. The van der Waals surface area contributed by atoms with E-state index in [1.807, 2.05) is 0 Å². The molecule has 0 aliphatic rings. The molecular formula is C23H25N. The first kappa shape index (κ1) is 16.5. The Morgan fingerprint density at radius 3 is 2.04 bits per heavy atom. The largest absolute Gasteiger partial charge is 0.324 e. The van der Waals surface area contributed by atoms with E-state index in [9.17, 15) is 0 Å². The third kappa shape index (κ3) is 3.00. The van der Waals surface area contributed by atoms with Gasteiger partial charge in [0.1, 0.15) is 0 Å². The number of aryl methyl sites for hydroxylation is 2. The van der Waals surface area contributed by atoms with Crippen LogP contribution in [-0.2, 0) is 0 Å². The standard InChI is InChI=1S/C23H25N/c1-15-9-11-19(12-10-15)22-14-13-21(18(4)24)17(3)23(22)20-8-6-5-7-16(20)2/h5-14,18H,24H2,1-4H3. The van der Waals surface area contributed by atoms with Crippen LogP contribution in [0.25, 0.3) is 22.3 Å². The van der Waals surface area contributed by atoms with Gasteiger partial charge < -0.3 is 5.73 Å². The van der Waals surface area contributed by atoms with Crippen molar-refractivity contribution in [1.82, 2.24) is 0 Å². The van der Waals surface area contributed by atoms with Gasteiger partial charge >= 0.3 is 0 Å². The fourth-order valence-corrected chi connectivity index (χ4v) is 3.40. The molecule has 2 N–H and O–H groups in total. The zero-order valence-corrected chi connectivity index (χ0v) is 14.9. The molecule has 0 aliphatic carbocycles. The Morgan fingerprint density at radius 2 is 1.42 bits per heavy atom. The molecule has 0 aliphatic heterocycles. The van der Waals surface area contributed by atoms with Crippen LogP contribution in [-0.4, -0.2) is 0 Å². The number of nitrogens with two attached hydrogens (primary N) is 1. The fourth-order valence-electron chi connectivity index (χ4n) is 3.40. The van der Waals surface area contributed by atoms with Gasteiger partial charge in [-0.05, 0) is 66.6 Å². The first-order chi connectivity index (χ1) is 11.5. The van der Waals surface area contributed by atoms with Gasteiger partial charge in [0, 0.05) is 6.04 Å². The second-order valence-electron chi connectivity index (χ2n) is 6.67. The zero-order chi connectivity index (χ0) is 17.3. The Kier molecular flexibility index (Phi) is 4.55. The molecule has 0 spiro atoms. The Labute approximate surface area is 145 Å². The highest BCUT2D eigenvalue weighted by molar-refractivity contribution is 5.87. The Bertz CT molecular complexity index is 858. The quantitative estimate of drug-likeness (QED) is 0.633. The minimum Gasteiger partial charge on any atom is -0.324 e. The lowest BCUT2D eigenvalue weighted by Gasteiger charge is -2.20. The molecule has 122 valence electrons. The van der Waals surface area contributed by atoms with Crippen LogP contribution in [0.2, 0.25) is 0 Å². The predicted octanol–water partition coefficient (Wildman–Crippen LogP) is 5.97. The lowest BCUT2D eigenvalue weighted by molar-refractivity contribution is 0.811. The summed E-state index contributed by atoms with van der Waals surface area (Å²) < 4.78 is 0. The SMILES string of the molecule is Cc1ccc(-c2ccc(C(C)N)c(C)c2-c2ccccc2C)cc1. The van der Waals surface area contributed by atoms with Crippen molar-refractivity contribution in [2.45, 2.75) is 33.7 Å². The monoisotopic (exact) mass is 315 g/mol. The van der Waals surface area contributed by atoms with Gasteiger partial charge in [0.05, 0.1) is 0 Å². The van der Waals surface area contributed by atoms with Crippen molar-refractivity contribution in [3.8, 4) is 22.3 Å². The number of rotatable bonds is 3. The molecule has 1 heteroatoms. The molecule has 1 nitrogen and oxygen atoms in total. The maximum atomic E-state index is 6.21. The average Bonchev–Trinajstić information content (AvgIpc) is 2.56. The van der Waals surface area contributed by atoms with Gasteiger partial charge in [-0.15, -0.1) is 0 Å². The van der Waals surface area contributed by atoms with Crippen molar-refractivity contribution in [3.63, 3.8) is 0 Å². The third-order valence-corrected chi connectivity index (χ3v) is 4.77. The minimum atomic E-state index is 0.0276. The first-order valence-corrected chi connectivity index (χ1v) is 8.51. The topological polar surface area (TPSA) is 26.0 Å². The molecule has 3 rings (SSSR count). The van der Waals surface area contributed by atoms with E-state index in [0.29, 0.717) is 0 Å². The van der Waals surface area contributed by atoms with Crippen molar-refractivity contribution in [2.24, 2.45) is 5.73 Å². The first-order valence-electron chi connectivity index (χ1n) is 8.51. The lowest BCUT2D eigenvalue weighted by Crippen LogP contribution is -2.08. The van der Waals surface area contributed by atoms with E-state index < -0.39 is 0 Å². The minimum absolute atomic E-state index is 0.0276. The molecule has 0 aromatic heterocycles. The van der Waals surface area contributed by atoms with Crippen LogP contribution in [0.4, 0.5) is 0 Å². The Hall–Kier alpha value is -2.38. The summed E-state index contributed by atoms with van der Waals surface area (Å²) >= 11 is 0. The summed E-state index contributed by atoms with van der Waals surface area (Å²) in [7, 11) is 0. The van der Waals surface area contributed by atoms with Crippen LogP contribution in [0.1, 0.15) is 35.2 Å². The highest BCUT2D eigenvalue weighted by Crippen LogP contribution is 2.39. The maximum absolute atomic E-state index is 6.21. The van der Waals surface area contributed by atoms with Crippen LogP contribution in [0.3, 0.4) is 0 Å². The van der Waals surface area contributed by atoms with Gasteiger partial charge in [-0.25, -0.2) is 0 Å². The van der Waals surface area contributed by atoms with Crippen LogP contribution in [0.5, 0.6) is 0 Å². The summed E-state index contributed by atoms with van der Waals surface area (Å²) in [5.41, 5.74) is 16.4.